The Kier molecular flexibility index (Phi) is 22.7. The third-order valence-corrected chi connectivity index (χ3v) is 6.82. The SMILES string of the molecule is CCCCCCCC(=O)OCC(CC)(COC(=O)CCCCCCC)COC(=O)CCCCCCC. The maximum atomic E-state index is 12.3. The highest BCUT2D eigenvalue weighted by atomic mass is 16.6. The quantitative estimate of drug-likeness (QED) is 0.0698. The predicted octanol–water partition coefficient (Wildman–Crippen LogP) is 8.09. The van der Waals surface area contributed by atoms with Crippen LogP contribution in [0.1, 0.15) is 150 Å². The summed E-state index contributed by atoms with van der Waals surface area (Å²) in [5, 5.41) is 0. The first-order chi connectivity index (χ1) is 17.4. The summed E-state index contributed by atoms with van der Waals surface area (Å²) in [4.78, 5) is 37.0. The first-order valence-electron chi connectivity index (χ1n) is 14.9. The van der Waals surface area contributed by atoms with Crippen molar-refractivity contribution in [2.45, 2.75) is 150 Å². The smallest absolute Gasteiger partial charge is 0.305 e. The standard InChI is InChI=1S/C30H56O6/c1-5-9-12-15-18-21-27(31)34-24-30(8-4,25-35-28(32)22-19-16-13-10-6-2)26-36-29(33)23-20-17-14-11-7-3/h5-26H2,1-4H3. The van der Waals surface area contributed by atoms with Gasteiger partial charge < -0.3 is 14.2 Å². The van der Waals surface area contributed by atoms with E-state index < -0.39 is 5.41 Å². The van der Waals surface area contributed by atoms with E-state index in [2.05, 4.69) is 20.8 Å². The molecule has 212 valence electrons. The first kappa shape index (κ1) is 34.4. The molecule has 0 saturated heterocycles. The molecule has 0 heterocycles. The number of rotatable bonds is 25. The normalized spacial score (nSPS) is 11.3. The molecular formula is C30H56O6. The maximum Gasteiger partial charge on any atom is 0.305 e. The lowest BCUT2D eigenvalue weighted by Crippen LogP contribution is -2.39. The lowest BCUT2D eigenvalue weighted by Gasteiger charge is -2.31. The zero-order valence-corrected chi connectivity index (χ0v) is 24.0. The summed E-state index contributed by atoms with van der Waals surface area (Å²) < 4.78 is 16.8. The molecule has 0 aliphatic rings. The van der Waals surface area contributed by atoms with Crippen LogP contribution in [0.15, 0.2) is 0 Å². The molecule has 0 aromatic heterocycles. The molecule has 0 fully saturated rings. The van der Waals surface area contributed by atoms with Crippen LogP contribution in [0.25, 0.3) is 0 Å². The van der Waals surface area contributed by atoms with Crippen molar-refractivity contribution in [1.82, 2.24) is 0 Å². The molecule has 6 nitrogen and oxygen atoms in total. The monoisotopic (exact) mass is 512 g/mol. The van der Waals surface area contributed by atoms with E-state index in [1.54, 1.807) is 0 Å². The van der Waals surface area contributed by atoms with Crippen molar-refractivity contribution in [3.8, 4) is 0 Å². The van der Waals surface area contributed by atoms with Crippen LogP contribution >= 0.6 is 0 Å². The Morgan fingerprint density at radius 1 is 0.444 bits per heavy atom. The summed E-state index contributed by atoms with van der Waals surface area (Å²) in [7, 11) is 0. The summed E-state index contributed by atoms with van der Waals surface area (Å²) >= 11 is 0. The molecule has 0 N–H and O–H groups in total. The van der Waals surface area contributed by atoms with Gasteiger partial charge >= 0.3 is 17.9 Å². The Bertz CT molecular complexity index is 486. The fraction of sp³-hybridized carbons (Fsp3) is 0.900. The van der Waals surface area contributed by atoms with Gasteiger partial charge in [-0.1, -0.05) is 105 Å². The van der Waals surface area contributed by atoms with Crippen LogP contribution in [0.5, 0.6) is 0 Å². The van der Waals surface area contributed by atoms with Crippen LogP contribution in [0, 0.1) is 5.41 Å². The van der Waals surface area contributed by atoms with Crippen molar-refractivity contribution in [2.24, 2.45) is 5.41 Å². The minimum absolute atomic E-state index is 0.0881. The van der Waals surface area contributed by atoms with Gasteiger partial charge in [-0.3, -0.25) is 14.4 Å². The Labute approximate surface area is 221 Å². The Balaban J connectivity index is 4.76. The molecule has 6 heteroatoms. The molecule has 0 bridgehead atoms. The first-order valence-corrected chi connectivity index (χ1v) is 14.9. The van der Waals surface area contributed by atoms with E-state index in [0.717, 1.165) is 57.8 Å². The predicted molar refractivity (Wildman–Crippen MR) is 146 cm³/mol. The molecule has 0 unspecified atom stereocenters. The van der Waals surface area contributed by atoms with Gasteiger partial charge in [-0.2, -0.15) is 0 Å². The van der Waals surface area contributed by atoms with Crippen molar-refractivity contribution in [3.63, 3.8) is 0 Å². The van der Waals surface area contributed by atoms with Crippen molar-refractivity contribution in [3.05, 3.63) is 0 Å². The van der Waals surface area contributed by atoms with E-state index >= 15 is 0 Å². The molecule has 36 heavy (non-hydrogen) atoms. The lowest BCUT2D eigenvalue weighted by molar-refractivity contribution is -0.162. The summed E-state index contributed by atoms with van der Waals surface area (Å²) in [5.41, 5.74) is -0.715. The highest BCUT2D eigenvalue weighted by molar-refractivity contribution is 5.70. The van der Waals surface area contributed by atoms with Gasteiger partial charge in [0.25, 0.3) is 0 Å². The van der Waals surface area contributed by atoms with Crippen LogP contribution < -0.4 is 0 Å². The van der Waals surface area contributed by atoms with E-state index in [-0.39, 0.29) is 37.7 Å². The molecular weight excluding hydrogens is 456 g/mol. The molecule has 0 atom stereocenters. The largest absolute Gasteiger partial charge is 0.465 e. The van der Waals surface area contributed by atoms with Crippen LogP contribution in [0.2, 0.25) is 0 Å². The maximum absolute atomic E-state index is 12.3. The van der Waals surface area contributed by atoms with Gasteiger partial charge in [0.05, 0.1) is 5.41 Å². The van der Waals surface area contributed by atoms with Crippen LogP contribution in [0.4, 0.5) is 0 Å². The molecule has 0 saturated carbocycles. The number of hydrogen-bond donors (Lipinski definition) is 0. The fourth-order valence-electron chi connectivity index (χ4n) is 3.97. The third-order valence-electron chi connectivity index (χ3n) is 6.82. The van der Waals surface area contributed by atoms with Gasteiger partial charge in [0.1, 0.15) is 19.8 Å². The summed E-state index contributed by atoms with van der Waals surface area (Å²) in [6.07, 6.45) is 17.7. The van der Waals surface area contributed by atoms with Gasteiger partial charge in [-0.15, -0.1) is 0 Å². The zero-order valence-electron chi connectivity index (χ0n) is 24.0. The van der Waals surface area contributed by atoms with E-state index in [1.807, 2.05) is 6.92 Å². The average molecular weight is 513 g/mol. The van der Waals surface area contributed by atoms with E-state index in [4.69, 9.17) is 14.2 Å². The van der Waals surface area contributed by atoms with Crippen molar-refractivity contribution in [1.29, 1.82) is 0 Å². The summed E-state index contributed by atoms with van der Waals surface area (Å²) in [6.45, 7) is 8.71. The number of hydrogen-bond acceptors (Lipinski definition) is 6. The van der Waals surface area contributed by atoms with Crippen LogP contribution in [-0.4, -0.2) is 37.7 Å². The highest BCUT2D eigenvalue weighted by Crippen LogP contribution is 2.25. The molecule has 0 radical (unpaired) electrons. The Hall–Kier alpha value is -1.59. The van der Waals surface area contributed by atoms with Crippen molar-refractivity contribution < 1.29 is 28.6 Å². The second-order valence-electron chi connectivity index (χ2n) is 10.3. The van der Waals surface area contributed by atoms with Crippen molar-refractivity contribution in [2.75, 3.05) is 19.8 Å². The van der Waals surface area contributed by atoms with Gasteiger partial charge in [0.15, 0.2) is 0 Å². The topological polar surface area (TPSA) is 78.9 Å². The minimum atomic E-state index is -0.715. The molecule has 0 aliphatic heterocycles. The average Bonchev–Trinajstić information content (AvgIpc) is 2.88. The number of esters is 3. The highest BCUT2D eigenvalue weighted by Gasteiger charge is 2.34. The van der Waals surface area contributed by atoms with E-state index in [0.29, 0.717) is 25.7 Å². The molecule has 0 rings (SSSR count). The second-order valence-corrected chi connectivity index (χ2v) is 10.3. The Morgan fingerprint density at radius 2 is 0.722 bits per heavy atom. The number of carbonyl (C=O) groups is 3. The molecule has 0 spiro atoms. The van der Waals surface area contributed by atoms with Gasteiger partial charge in [0, 0.05) is 19.3 Å². The Morgan fingerprint density at radius 3 is 0.972 bits per heavy atom. The lowest BCUT2D eigenvalue weighted by atomic mass is 9.88. The molecule has 0 aromatic carbocycles. The second kappa shape index (κ2) is 23.8. The summed E-state index contributed by atoms with van der Waals surface area (Å²) in [6, 6.07) is 0. The number of unbranched alkanes of at least 4 members (excludes halogenated alkanes) is 12. The van der Waals surface area contributed by atoms with Crippen LogP contribution in [-0.2, 0) is 28.6 Å². The number of ether oxygens (including phenoxy) is 3. The summed E-state index contributed by atoms with van der Waals surface area (Å²) in [5.74, 6) is -0.725. The van der Waals surface area contributed by atoms with Gasteiger partial charge in [-0.05, 0) is 25.7 Å². The zero-order chi connectivity index (χ0) is 26.9. The van der Waals surface area contributed by atoms with E-state index in [9.17, 15) is 14.4 Å². The van der Waals surface area contributed by atoms with Gasteiger partial charge in [0.2, 0.25) is 0 Å². The van der Waals surface area contributed by atoms with Gasteiger partial charge in [-0.25, -0.2) is 0 Å². The third kappa shape index (κ3) is 19.6. The van der Waals surface area contributed by atoms with Crippen LogP contribution in [0.3, 0.4) is 0 Å². The minimum Gasteiger partial charge on any atom is -0.465 e. The molecule has 0 aliphatic carbocycles. The number of carbonyl (C=O) groups excluding carboxylic acids is 3. The molecule has 0 amide bonds. The van der Waals surface area contributed by atoms with E-state index in [1.165, 1.54) is 38.5 Å². The van der Waals surface area contributed by atoms with Crippen molar-refractivity contribution >= 4 is 17.9 Å². The molecule has 0 aromatic rings. The fourth-order valence-corrected chi connectivity index (χ4v) is 3.97.